The van der Waals surface area contributed by atoms with E-state index in [2.05, 4.69) is 22.4 Å². The molecule has 1 unspecified atom stereocenters. The number of aliphatic hydroxyl groups excluding tert-OH is 1. The molecule has 92 valence electrons. The van der Waals surface area contributed by atoms with E-state index in [1.165, 1.54) is 24.0 Å². The Balaban J connectivity index is 2.01. The molecule has 0 saturated heterocycles. The van der Waals surface area contributed by atoms with Crippen LogP contribution in [0.5, 0.6) is 0 Å². The molecule has 4 N–H and O–H groups in total. The number of nitrogens with zero attached hydrogens (tertiary/aromatic N) is 1. The topological polar surface area (TPSA) is 70.6 Å². The Bertz CT molecular complexity index is 427. The number of nitrogens with two attached hydrogens (primary N) is 1. The second-order valence-electron chi connectivity index (χ2n) is 4.54. The predicted octanol–water partition coefficient (Wildman–Crippen LogP) is 1.28. The van der Waals surface area contributed by atoms with Gasteiger partial charge in [0.25, 0.3) is 0 Å². The highest BCUT2D eigenvalue weighted by Gasteiger charge is 2.10. The van der Waals surface area contributed by atoms with E-state index in [0.717, 1.165) is 12.1 Å². The van der Waals surface area contributed by atoms with E-state index in [9.17, 15) is 0 Å². The molecule has 4 nitrogen and oxygen atoms in total. The van der Waals surface area contributed by atoms with Crippen LogP contribution in [0.4, 0.5) is 5.69 Å². The number of hydrogen-bond acceptors (Lipinski definition) is 2. The Morgan fingerprint density at radius 2 is 2.24 bits per heavy atom. The third kappa shape index (κ3) is 3.20. The van der Waals surface area contributed by atoms with Crippen LogP contribution in [0.3, 0.4) is 0 Å². The summed E-state index contributed by atoms with van der Waals surface area (Å²) in [7, 11) is 0. The van der Waals surface area contributed by atoms with Crippen LogP contribution in [0.25, 0.3) is 0 Å². The lowest BCUT2D eigenvalue weighted by Crippen LogP contribution is -2.24. The summed E-state index contributed by atoms with van der Waals surface area (Å²) in [4.78, 5) is 4.05. The number of guanidine groups is 1. The Morgan fingerprint density at radius 3 is 3.00 bits per heavy atom. The summed E-state index contributed by atoms with van der Waals surface area (Å²) in [5, 5.41) is 12.1. The Kier molecular flexibility index (Phi) is 3.64. The Morgan fingerprint density at radius 1 is 1.47 bits per heavy atom. The second-order valence-corrected chi connectivity index (χ2v) is 4.54. The van der Waals surface area contributed by atoms with Crippen molar-refractivity contribution in [1.82, 2.24) is 0 Å². The largest absolute Gasteiger partial charge is 0.391 e. The van der Waals surface area contributed by atoms with Crippen molar-refractivity contribution in [3.63, 3.8) is 0 Å². The fraction of sp³-hybridized carbons (Fsp3) is 0.462. The van der Waals surface area contributed by atoms with Crippen molar-refractivity contribution < 1.29 is 5.11 Å². The Labute approximate surface area is 102 Å². The average Bonchev–Trinajstić information content (AvgIpc) is 2.73. The van der Waals surface area contributed by atoms with Crippen LogP contribution in [0.2, 0.25) is 0 Å². The third-order valence-corrected chi connectivity index (χ3v) is 2.90. The lowest BCUT2D eigenvalue weighted by atomic mass is 10.1. The Hall–Kier alpha value is -1.55. The molecule has 0 heterocycles. The average molecular weight is 233 g/mol. The van der Waals surface area contributed by atoms with Crippen LogP contribution >= 0.6 is 0 Å². The number of aryl methyl sites for hydroxylation is 2. The quantitative estimate of drug-likeness (QED) is 0.544. The number of nitrogens with one attached hydrogen (secondary N) is 1. The molecule has 2 rings (SSSR count). The molecule has 0 saturated carbocycles. The van der Waals surface area contributed by atoms with Gasteiger partial charge in [-0.2, -0.15) is 0 Å². The molecule has 0 aliphatic heterocycles. The fourth-order valence-electron chi connectivity index (χ4n) is 2.07. The summed E-state index contributed by atoms with van der Waals surface area (Å²) in [5.74, 6) is 0.351. The van der Waals surface area contributed by atoms with Gasteiger partial charge in [0.2, 0.25) is 0 Å². The number of rotatable bonds is 3. The first kappa shape index (κ1) is 11.9. The molecule has 0 radical (unpaired) electrons. The molecular weight excluding hydrogens is 214 g/mol. The number of aliphatic imine (C=N–C) groups is 1. The van der Waals surface area contributed by atoms with Gasteiger partial charge in [-0.15, -0.1) is 0 Å². The number of aliphatic hydroxyl groups is 1. The van der Waals surface area contributed by atoms with E-state index in [1.54, 1.807) is 6.92 Å². The first-order valence-corrected chi connectivity index (χ1v) is 6.02. The van der Waals surface area contributed by atoms with Gasteiger partial charge in [-0.1, -0.05) is 6.07 Å². The van der Waals surface area contributed by atoms with Crippen LogP contribution in [0, 0.1) is 0 Å². The SMILES string of the molecule is CC(O)CN=C(N)Nc1ccc2c(c1)CCC2. The van der Waals surface area contributed by atoms with Gasteiger partial charge in [0.05, 0.1) is 12.6 Å². The molecule has 4 heteroatoms. The van der Waals surface area contributed by atoms with E-state index >= 15 is 0 Å². The maximum atomic E-state index is 9.10. The molecule has 1 aliphatic rings. The van der Waals surface area contributed by atoms with Crippen molar-refractivity contribution in [3.8, 4) is 0 Å². The fourth-order valence-corrected chi connectivity index (χ4v) is 2.07. The summed E-state index contributed by atoms with van der Waals surface area (Å²) in [6.07, 6.45) is 3.11. The molecule has 17 heavy (non-hydrogen) atoms. The van der Waals surface area contributed by atoms with Gasteiger partial charge in [-0.3, -0.25) is 4.99 Å². The van der Waals surface area contributed by atoms with Crippen LogP contribution in [0.1, 0.15) is 24.5 Å². The summed E-state index contributed by atoms with van der Waals surface area (Å²) < 4.78 is 0. The van der Waals surface area contributed by atoms with E-state index < -0.39 is 6.10 Å². The van der Waals surface area contributed by atoms with Gasteiger partial charge in [-0.25, -0.2) is 0 Å². The molecule has 0 bridgehead atoms. The lowest BCUT2D eigenvalue weighted by Gasteiger charge is -2.08. The van der Waals surface area contributed by atoms with Crippen molar-refractivity contribution in [1.29, 1.82) is 0 Å². The molecule has 0 spiro atoms. The van der Waals surface area contributed by atoms with Crippen molar-refractivity contribution >= 4 is 11.6 Å². The first-order chi connectivity index (χ1) is 8.15. The molecular formula is C13H19N3O. The van der Waals surface area contributed by atoms with E-state index in [0.29, 0.717) is 12.5 Å². The normalized spacial score (nSPS) is 16.7. The number of anilines is 1. The zero-order valence-electron chi connectivity index (χ0n) is 10.1. The highest BCUT2D eigenvalue weighted by Crippen LogP contribution is 2.24. The maximum absolute atomic E-state index is 9.10. The van der Waals surface area contributed by atoms with Crippen LogP contribution in [-0.4, -0.2) is 23.7 Å². The maximum Gasteiger partial charge on any atom is 0.193 e. The molecule has 1 aliphatic carbocycles. The van der Waals surface area contributed by atoms with Crippen molar-refractivity contribution in [2.75, 3.05) is 11.9 Å². The second kappa shape index (κ2) is 5.19. The summed E-state index contributed by atoms with van der Waals surface area (Å²) in [6, 6.07) is 6.30. The van der Waals surface area contributed by atoms with Crippen LogP contribution < -0.4 is 11.1 Å². The monoisotopic (exact) mass is 233 g/mol. The lowest BCUT2D eigenvalue weighted by molar-refractivity contribution is 0.204. The van der Waals surface area contributed by atoms with Gasteiger partial charge in [0.1, 0.15) is 0 Å². The van der Waals surface area contributed by atoms with E-state index in [-0.39, 0.29) is 0 Å². The minimum atomic E-state index is -0.463. The van der Waals surface area contributed by atoms with Crippen LogP contribution in [-0.2, 0) is 12.8 Å². The van der Waals surface area contributed by atoms with E-state index in [4.69, 9.17) is 10.8 Å². The molecule has 1 aromatic carbocycles. The van der Waals surface area contributed by atoms with Crippen molar-refractivity contribution in [3.05, 3.63) is 29.3 Å². The molecule has 1 atom stereocenters. The standard InChI is InChI=1S/C13H19N3O/c1-9(17)8-15-13(14)16-12-6-5-10-3-2-4-11(10)7-12/h5-7,9,17H,2-4,8H2,1H3,(H3,14,15,16). The highest BCUT2D eigenvalue weighted by molar-refractivity contribution is 5.92. The highest BCUT2D eigenvalue weighted by atomic mass is 16.3. The van der Waals surface area contributed by atoms with Gasteiger partial charge in [0, 0.05) is 5.69 Å². The zero-order valence-corrected chi connectivity index (χ0v) is 10.1. The summed E-state index contributed by atoms with van der Waals surface area (Å²) in [5.41, 5.74) is 9.54. The van der Waals surface area contributed by atoms with Gasteiger partial charge < -0.3 is 16.2 Å². The summed E-state index contributed by atoms with van der Waals surface area (Å²) in [6.45, 7) is 2.01. The minimum absolute atomic E-state index is 0.323. The first-order valence-electron chi connectivity index (χ1n) is 6.02. The smallest absolute Gasteiger partial charge is 0.193 e. The van der Waals surface area contributed by atoms with Crippen LogP contribution in [0.15, 0.2) is 23.2 Å². The van der Waals surface area contributed by atoms with Crippen molar-refractivity contribution in [2.45, 2.75) is 32.3 Å². The zero-order chi connectivity index (χ0) is 12.3. The number of hydrogen-bond donors (Lipinski definition) is 3. The van der Waals surface area contributed by atoms with E-state index in [1.807, 2.05) is 6.07 Å². The number of fused-ring (bicyclic) bond motifs is 1. The number of benzene rings is 1. The predicted molar refractivity (Wildman–Crippen MR) is 70.3 cm³/mol. The molecule has 1 aromatic rings. The molecule has 0 aromatic heterocycles. The van der Waals surface area contributed by atoms with Gasteiger partial charge in [-0.05, 0) is 49.4 Å². The van der Waals surface area contributed by atoms with Gasteiger partial charge in [0.15, 0.2) is 5.96 Å². The molecule has 0 fully saturated rings. The van der Waals surface area contributed by atoms with Crippen molar-refractivity contribution in [2.24, 2.45) is 10.7 Å². The summed E-state index contributed by atoms with van der Waals surface area (Å²) >= 11 is 0. The third-order valence-electron chi connectivity index (χ3n) is 2.90. The minimum Gasteiger partial charge on any atom is -0.391 e. The molecule has 0 amide bonds. The van der Waals surface area contributed by atoms with Gasteiger partial charge >= 0.3 is 0 Å².